The van der Waals surface area contributed by atoms with Crippen LogP contribution in [-0.4, -0.2) is 93.2 Å². The van der Waals surface area contributed by atoms with Crippen LogP contribution in [0.1, 0.15) is 44.7 Å². The standard InChI is InChI=1S/C22H40N10O6/c1-12(33)17(21(37)38)32-20(36)15(5-2-3-7-23)31-19(35)16(6-4-8-28-22(25)26)30-18(34)14(24)9-13-10-27-11-29-13/h10-12,14-17,33H,2-9,23-24H2,1H3,(H,27,29)(H,30,34)(H,31,35)(H,32,36)(H,37,38)(H4,25,26,28). The van der Waals surface area contributed by atoms with E-state index in [-0.39, 0.29) is 31.8 Å². The number of H-pyrrole nitrogens is 1. The molecule has 16 nitrogen and oxygen atoms in total. The van der Waals surface area contributed by atoms with Gasteiger partial charge in [-0.2, -0.15) is 0 Å². The molecule has 0 radical (unpaired) electrons. The smallest absolute Gasteiger partial charge is 0.328 e. The molecule has 16 heteroatoms. The number of hydrogen-bond donors (Lipinski definition) is 10. The molecular formula is C22H40N10O6. The van der Waals surface area contributed by atoms with Crippen molar-refractivity contribution in [3.8, 4) is 0 Å². The number of hydrogen-bond acceptors (Lipinski definition) is 9. The lowest BCUT2D eigenvalue weighted by Crippen LogP contribution is -2.58. The van der Waals surface area contributed by atoms with Crippen LogP contribution in [-0.2, 0) is 25.6 Å². The van der Waals surface area contributed by atoms with Crippen LogP contribution in [0.4, 0.5) is 0 Å². The summed E-state index contributed by atoms with van der Waals surface area (Å²) >= 11 is 0. The summed E-state index contributed by atoms with van der Waals surface area (Å²) in [5.74, 6) is -3.65. The molecule has 0 spiro atoms. The number of nitrogens with two attached hydrogens (primary N) is 4. The van der Waals surface area contributed by atoms with E-state index in [9.17, 15) is 29.4 Å². The lowest BCUT2D eigenvalue weighted by Gasteiger charge is -2.26. The van der Waals surface area contributed by atoms with E-state index < -0.39 is 54.0 Å². The third-order valence-corrected chi connectivity index (χ3v) is 5.54. The number of carbonyl (C=O) groups is 4. The van der Waals surface area contributed by atoms with Gasteiger partial charge in [0.05, 0.1) is 18.5 Å². The number of carbonyl (C=O) groups excluding carboxylic acids is 3. The fraction of sp³-hybridized carbons (Fsp3) is 0.636. The third-order valence-electron chi connectivity index (χ3n) is 5.54. The molecule has 5 atom stereocenters. The Morgan fingerprint density at radius 2 is 1.63 bits per heavy atom. The monoisotopic (exact) mass is 540 g/mol. The van der Waals surface area contributed by atoms with Gasteiger partial charge in [0.15, 0.2) is 12.0 Å². The summed E-state index contributed by atoms with van der Waals surface area (Å²) in [5, 5.41) is 26.4. The molecule has 38 heavy (non-hydrogen) atoms. The molecule has 3 amide bonds. The molecule has 0 aliphatic rings. The number of amides is 3. The molecule has 1 rings (SSSR count). The van der Waals surface area contributed by atoms with Gasteiger partial charge in [0.25, 0.3) is 0 Å². The van der Waals surface area contributed by atoms with Crippen molar-refractivity contribution in [2.24, 2.45) is 27.9 Å². The van der Waals surface area contributed by atoms with E-state index >= 15 is 0 Å². The number of aliphatic carboxylic acids is 1. The number of aromatic nitrogens is 2. The number of carboxylic acids is 1. The summed E-state index contributed by atoms with van der Waals surface area (Å²) in [6.07, 6.45) is 3.33. The number of aromatic amines is 1. The van der Waals surface area contributed by atoms with Crippen molar-refractivity contribution in [3.63, 3.8) is 0 Å². The maximum Gasteiger partial charge on any atom is 0.328 e. The number of carboxylic acid groups (broad SMARTS) is 1. The van der Waals surface area contributed by atoms with E-state index in [1.54, 1.807) is 0 Å². The summed E-state index contributed by atoms with van der Waals surface area (Å²) in [6, 6.07) is -4.81. The summed E-state index contributed by atoms with van der Waals surface area (Å²) in [5.41, 5.74) is 22.8. The maximum absolute atomic E-state index is 13.2. The Balaban J connectivity index is 3.01. The molecular weight excluding hydrogens is 500 g/mol. The summed E-state index contributed by atoms with van der Waals surface area (Å²) < 4.78 is 0. The number of nitrogens with zero attached hydrogens (tertiary/aromatic N) is 2. The van der Waals surface area contributed by atoms with Gasteiger partial charge < -0.3 is 54.1 Å². The minimum atomic E-state index is -1.58. The zero-order chi connectivity index (χ0) is 28.7. The Kier molecular flexibility index (Phi) is 14.3. The fourth-order valence-corrected chi connectivity index (χ4v) is 3.45. The first kappa shape index (κ1) is 32.3. The topological polar surface area (TPSA) is 290 Å². The SMILES string of the molecule is CC(O)C(NC(=O)C(CCCCN)NC(=O)C(CCCN=C(N)N)NC(=O)C(N)Cc1cnc[nH]1)C(=O)O. The molecule has 0 aliphatic heterocycles. The van der Waals surface area contributed by atoms with E-state index in [1.807, 2.05) is 0 Å². The highest BCUT2D eigenvalue weighted by atomic mass is 16.4. The molecule has 0 aromatic carbocycles. The van der Waals surface area contributed by atoms with Gasteiger partial charge >= 0.3 is 5.97 Å². The number of aliphatic hydroxyl groups is 1. The van der Waals surface area contributed by atoms with Gasteiger partial charge in [-0.3, -0.25) is 19.4 Å². The van der Waals surface area contributed by atoms with Gasteiger partial charge in [-0.25, -0.2) is 9.78 Å². The number of aliphatic imine (C=N–C) groups is 1. The van der Waals surface area contributed by atoms with Gasteiger partial charge in [0.1, 0.15) is 12.1 Å². The van der Waals surface area contributed by atoms with E-state index in [4.69, 9.17) is 22.9 Å². The predicted octanol–water partition coefficient (Wildman–Crippen LogP) is -3.62. The van der Waals surface area contributed by atoms with Gasteiger partial charge in [-0.05, 0) is 45.6 Å². The Morgan fingerprint density at radius 3 is 2.16 bits per heavy atom. The Labute approximate surface area is 220 Å². The van der Waals surface area contributed by atoms with E-state index in [0.29, 0.717) is 31.5 Å². The fourth-order valence-electron chi connectivity index (χ4n) is 3.45. The zero-order valence-electron chi connectivity index (χ0n) is 21.4. The first-order valence-corrected chi connectivity index (χ1v) is 12.3. The van der Waals surface area contributed by atoms with Crippen molar-refractivity contribution in [2.75, 3.05) is 13.1 Å². The third kappa shape index (κ3) is 12.0. The molecule has 0 fully saturated rings. The summed E-state index contributed by atoms with van der Waals surface area (Å²) in [6.45, 7) is 1.76. The molecule has 1 aromatic heterocycles. The average Bonchev–Trinajstić information content (AvgIpc) is 3.35. The Morgan fingerprint density at radius 1 is 1.03 bits per heavy atom. The van der Waals surface area contributed by atoms with Crippen molar-refractivity contribution >= 4 is 29.7 Å². The maximum atomic E-state index is 13.2. The molecule has 1 aromatic rings. The van der Waals surface area contributed by atoms with Crippen molar-refractivity contribution in [1.82, 2.24) is 25.9 Å². The molecule has 0 saturated heterocycles. The van der Waals surface area contributed by atoms with Crippen LogP contribution < -0.4 is 38.9 Å². The Bertz CT molecular complexity index is 920. The van der Waals surface area contributed by atoms with Crippen molar-refractivity contribution in [1.29, 1.82) is 0 Å². The van der Waals surface area contributed by atoms with Gasteiger partial charge in [-0.15, -0.1) is 0 Å². The largest absolute Gasteiger partial charge is 0.480 e. The van der Waals surface area contributed by atoms with Crippen LogP contribution in [0.25, 0.3) is 0 Å². The second kappa shape index (κ2) is 16.9. The quantitative estimate of drug-likeness (QED) is 0.0492. The summed E-state index contributed by atoms with van der Waals surface area (Å²) in [4.78, 5) is 60.8. The number of unbranched alkanes of at least 4 members (excludes halogenated alkanes) is 1. The van der Waals surface area contributed by atoms with Crippen molar-refractivity contribution < 1.29 is 29.4 Å². The number of nitrogens with one attached hydrogen (secondary N) is 4. The molecule has 0 saturated carbocycles. The van der Waals surface area contributed by atoms with E-state index in [1.165, 1.54) is 19.4 Å². The number of aliphatic hydroxyl groups excluding tert-OH is 1. The first-order valence-electron chi connectivity index (χ1n) is 12.3. The molecule has 14 N–H and O–H groups in total. The molecule has 0 bridgehead atoms. The number of rotatable bonds is 18. The van der Waals surface area contributed by atoms with Crippen LogP contribution in [0.5, 0.6) is 0 Å². The normalized spacial score (nSPS) is 14.8. The second-order valence-corrected chi connectivity index (χ2v) is 8.81. The lowest BCUT2D eigenvalue weighted by molar-refractivity contribution is -0.145. The van der Waals surface area contributed by atoms with Gasteiger partial charge in [0, 0.05) is 24.9 Å². The highest BCUT2D eigenvalue weighted by Gasteiger charge is 2.31. The number of imidazole rings is 1. The average molecular weight is 541 g/mol. The van der Waals surface area contributed by atoms with Crippen LogP contribution in [0.15, 0.2) is 17.5 Å². The molecule has 214 valence electrons. The van der Waals surface area contributed by atoms with Crippen molar-refractivity contribution in [2.45, 2.75) is 75.7 Å². The zero-order valence-corrected chi connectivity index (χ0v) is 21.4. The second-order valence-electron chi connectivity index (χ2n) is 8.81. The van der Waals surface area contributed by atoms with E-state index in [0.717, 1.165) is 0 Å². The van der Waals surface area contributed by atoms with Gasteiger partial charge in [0.2, 0.25) is 17.7 Å². The van der Waals surface area contributed by atoms with E-state index in [2.05, 4.69) is 30.9 Å². The molecule has 1 heterocycles. The highest BCUT2D eigenvalue weighted by Crippen LogP contribution is 2.07. The minimum absolute atomic E-state index is 0.119. The van der Waals surface area contributed by atoms with Crippen molar-refractivity contribution in [3.05, 3.63) is 18.2 Å². The lowest BCUT2D eigenvalue weighted by atomic mass is 10.0. The molecule has 0 aliphatic carbocycles. The van der Waals surface area contributed by atoms with Gasteiger partial charge in [-0.1, -0.05) is 0 Å². The Hall–Kier alpha value is -3.76. The minimum Gasteiger partial charge on any atom is -0.480 e. The van der Waals surface area contributed by atoms with Crippen LogP contribution >= 0.6 is 0 Å². The predicted molar refractivity (Wildman–Crippen MR) is 138 cm³/mol. The van der Waals surface area contributed by atoms with Crippen LogP contribution in [0, 0.1) is 0 Å². The van der Waals surface area contributed by atoms with Crippen LogP contribution in [0.2, 0.25) is 0 Å². The highest BCUT2D eigenvalue weighted by molar-refractivity contribution is 5.94. The molecule has 5 unspecified atom stereocenters. The number of guanidine groups is 1. The van der Waals surface area contributed by atoms with Crippen LogP contribution in [0.3, 0.4) is 0 Å². The summed E-state index contributed by atoms with van der Waals surface area (Å²) in [7, 11) is 0. The first-order chi connectivity index (χ1) is 18.0.